The Morgan fingerprint density at radius 1 is 1.50 bits per heavy atom. The van der Waals surface area contributed by atoms with Crippen LogP contribution in [-0.2, 0) is 4.74 Å². The van der Waals surface area contributed by atoms with Crippen LogP contribution in [0.1, 0.15) is 26.7 Å². The lowest BCUT2D eigenvalue weighted by atomic mass is 9.96. The SMILES string of the molecule is C=C(F)/C=C\C(=C)C1(C)OC1CCC. The maximum atomic E-state index is 12.4. The van der Waals surface area contributed by atoms with Gasteiger partial charge >= 0.3 is 0 Å². The molecule has 2 atom stereocenters. The zero-order valence-corrected chi connectivity index (χ0v) is 8.85. The van der Waals surface area contributed by atoms with E-state index in [-0.39, 0.29) is 11.7 Å². The summed E-state index contributed by atoms with van der Waals surface area (Å²) in [5, 5.41) is 0. The van der Waals surface area contributed by atoms with Gasteiger partial charge in [-0.3, -0.25) is 0 Å². The van der Waals surface area contributed by atoms with Crippen LogP contribution in [0.2, 0.25) is 0 Å². The van der Waals surface area contributed by atoms with Crippen LogP contribution in [0.15, 0.2) is 36.7 Å². The highest BCUT2D eigenvalue weighted by atomic mass is 19.1. The van der Waals surface area contributed by atoms with E-state index < -0.39 is 5.83 Å². The third-order valence-corrected chi connectivity index (χ3v) is 2.60. The highest BCUT2D eigenvalue weighted by Gasteiger charge is 2.52. The Morgan fingerprint density at radius 3 is 2.64 bits per heavy atom. The maximum absolute atomic E-state index is 12.4. The highest BCUT2D eigenvalue weighted by molar-refractivity contribution is 5.34. The van der Waals surface area contributed by atoms with Crippen molar-refractivity contribution in [3.63, 3.8) is 0 Å². The highest BCUT2D eigenvalue weighted by Crippen LogP contribution is 2.44. The molecule has 0 bridgehead atoms. The molecule has 1 nitrogen and oxygen atoms in total. The molecule has 1 aliphatic rings. The Bertz CT molecular complexity index is 280. The number of allylic oxidation sites excluding steroid dienone is 2. The molecule has 78 valence electrons. The van der Waals surface area contributed by atoms with Gasteiger partial charge in [-0.1, -0.05) is 32.6 Å². The second-order valence-electron chi connectivity index (χ2n) is 3.81. The number of hydrogen-bond acceptors (Lipinski definition) is 1. The summed E-state index contributed by atoms with van der Waals surface area (Å²) in [5.41, 5.74) is 0.539. The van der Waals surface area contributed by atoms with Crippen LogP contribution in [0.5, 0.6) is 0 Å². The third-order valence-electron chi connectivity index (χ3n) is 2.60. The number of ether oxygens (including phenoxy) is 1. The molecular formula is C12H17FO. The molecule has 1 saturated heterocycles. The zero-order chi connectivity index (χ0) is 10.8. The van der Waals surface area contributed by atoms with Crippen LogP contribution in [0.4, 0.5) is 4.39 Å². The first-order valence-electron chi connectivity index (χ1n) is 4.90. The normalized spacial score (nSPS) is 30.6. The van der Waals surface area contributed by atoms with Crippen LogP contribution in [-0.4, -0.2) is 11.7 Å². The lowest BCUT2D eigenvalue weighted by molar-refractivity contribution is 0.332. The summed E-state index contributed by atoms with van der Waals surface area (Å²) in [5.74, 6) is -0.456. The Kier molecular flexibility index (Phi) is 3.27. The maximum Gasteiger partial charge on any atom is 0.116 e. The van der Waals surface area contributed by atoms with E-state index in [1.807, 2.05) is 6.92 Å². The minimum atomic E-state index is -0.456. The number of hydrogen-bond donors (Lipinski definition) is 0. The fourth-order valence-electron chi connectivity index (χ4n) is 1.50. The van der Waals surface area contributed by atoms with Crippen LogP contribution in [0, 0.1) is 0 Å². The molecule has 1 heterocycles. The summed E-state index contributed by atoms with van der Waals surface area (Å²) >= 11 is 0. The van der Waals surface area contributed by atoms with Gasteiger partial charge in [0.25, 0.3) is 0 Å². The molecule has 14 heavy (non-hydrogen) atoms. The molecule has 0 spiro atoms. The molecule has 2 unspecified atom stereocenters. The molecule has 1 fully saturated rings. The molecule has 1 aliphatic heterocycles. The minimum absolute atomic E-state index is 0.248. The smallest absolute Gasteiger partial charge is 0.116 e. The van der Waals surface area contributed by atoms with Crippen LogP contribution in [0.25, 0.3) is 0 Å². The first kappa shape index (κ1) is 11.2. The van der Waals surface area contributed by atoms with Gasteiger partial charge < -0.3 is 4.74 Å². The Hall–Kier alpha value is -0.890. The second-order valence-corrected chi connectivity index (χ2v) is 3.81. The lowest BCUT2D eigenvalue weighted by Gasteiger charge is -2.05. The standard InChI is InChI=1S/C12H17FO/c1-5-6-11-12(4,14-11)9(2)7-8-10(3)13/h7-8,11H,2-3,5-6H2,1,4H3/b8-7-. The molecular weight excluding hydrogens is 179 g/mol. The zero-order valence-electron chi connectivity index (χ0n) is 8.85. The Labute approximate surface area is 85.0 Å². The molecule has 0 N–H and O–H groups in total. The molecule has 1 rings (SSSR count). The van der Waals surface area contributed by atoms with Crippen LogP contribution >= 0.6 is 0 Å². The average Bonchev–Trinajstić information content (AvgIpc) is 2.75. The Morgan fingerprint density at radius 2 is 2.14 bits per heavy atom. The lowest BCUT2D eigenvalue weighted by Crippen LogP contribution is -2.11. The van der Waals surface area contributed by atoms with Crippen molar-refractivity contribution in [2.45, 2.75) is 38.4 Å². The average molecular weight is 196 g/mol. The van der Waals surface area contributed by atoms with Crippen molar-refractivity contribution in [3.8, 4) is 0 Å². The van der Waals surface area contributed by atoms with Crippen LogP contribution < -0.4 is 0 Å². The number of rotatable bonds is 5. The third kappa shape index (κ3) is 2.32. The fourth-order valence-corrected chi connectivity index (χ4v) is 1.50. The van der Waals surface area contributed by atoms with Crippen molar-refractivity contribution >= 4 is 0 Å². The van der Waals surface area contributed by atoms with Gasteiger partial charge in [0.2, 0.25) is 0 Å². The van der Waals surface area contributed by atoms with Gasteiger partial charge in [-0.15, -0.1) is 0 Å². The molecule has 2 heteroatoms. The number of halogens is 1. The van der Waals surface area contributed by atoms with Crippen molar-refractivity contribution in [2.75, 3.05) is 0 Å². The number of epoxide rings is 1. The monoisotopic (exact) mass is 196 g/mol. The second kappa shape index (κ2) is 4.09. The minimum Gasteiger partial charge on any atom is -0.361 e. The molecule has 0 aromatic heterocycles. The largest absolute Gasteiger partial charge is 0.361 e. The summed E-state index contributed by atoms with van der Waals surface area (Å²) < 4.78 is 17.9. The fraction of sp³-hybridized carbons (Fsp3) is 0.500. The van der Waals surface area contributed by atoms with Gasteiger partial charge in [0.1, 0.15) is 11.4 Å². The summed E-state index contributed by atoms with van der Waals surface area (Å²) in [6.07, 6.45) is 5.32. The van der Waals surface area contributed by atoms with Gasteiger partial charge in [-0.25, -0.2) is 4.39 Å². The summed E-state index contributed by atoms with van der Waals surface area (Å²) in [7, 11) is 0. The summed E-state index contributed by atoms with van der Waals surface area (Å²) in [6, 6.07) is 0. The Balaban J connectivity index is 2.51. The first-order chi connectivity index (χ1) is 6.50. The van der Waals surface area contributed by atoms with E-state index in [1.54, 1.807) is 6.08 Å². The van der Waals surface area contributed by atoms with Gasteiger partial charge in [0, 0.05) is 0 Å². The van der Waals surface area contributed by atoms with Gasteiger partial charge in [-0.05, 0) is 25.0 Å². The molecule has 0 radical (unpaired) electrons. The van der Waals surface area contributed by atoms with E-state index in [2.05, 4.69) is 20.1 Å². The van der Waals surface area contributed by atoms with Crippen LogP contribution in [0.3, 0.4) is 0 Å². The van der Waals surface area contributed by atoms with Crippen molar-refractivity contribution in [3.05, 3.63) is 36.7 Å². The topological polar surface area (TPSA) is 12.5 Å². The first-order valence-corrected chi connectivity index (χ1v) is 4.90. The van der Waals surface area contributed by atoms with E-state index in [1.165, 1.54) is 6.08 Å². The van der Waals surface area contributed by atoms with Gasteiger partial charge in [0.15, 0.2) is 0 Å². The predicted octanol–water partition coefficient (Wildman–Crippen LogP) is 3.54. The van der Waals surface area contributed by atoms with Crippen molar-refractivity contribution in [2.24, 2.45) is 0 Å². The predicted molar refractivity (Wildman–Crippen MR) is 56.7 cm³/mol. The molecule has 0 amide bonds. The molecule has 0 aliphatic carbocycles. The van der Waals surface area contributed by atoms with Gasteiger partial charge in [0.05, 0.1) is 6.10 Å². The van der Waals surface area contributed by atoms with Crippen molar-refractivity contribution in [1.29, 1.82) is 0 Å². The van der Waals surface area contributed by atoms with Crippen molar-refractivity contribution in [1.82, 2.24) is 0 Å². The van der Waals surface area contributed by atoms with E-state index >= 15 is 0 Å². The van der Waals surface area contributed by atoms with E-state index in [0.717, 1.165) is 18.4 Å². The van der Waals surface area contributed by atoms with E-state index in [4.69, 9.17) is 4.74 Å². The molecule has 0 aromatic carbocycles. The molecule has 0 aromatic rings. The van der Waals surface area contributed by atoms with Crippen molar-refractivity contribution < 1.29 is 9.13 Å². The quantitative estimate of drug-likeness (QED) is 0.484. The summed E-state index contributed by atoms with van der Waals surface area (Å²) in [4.78, 5) is 0. The van der Waals surface area contributed by atoms with Gasteiger partial charge in [-0.2, -0.15) is 0 Å². The van der Waals surface area contributed by atoms with E-state index in [0.29, 0.717) is 0 Å². The summed E-state index contributed by atoms with van der Waals surface area (Å²) in [6.45, 7) is 11.1. The molecule has 0 saturated carbocycles. The van der Waals surface area contributed by atoms with E-state index in [9.17, 15) is 4.39 Å².